The maximum Gasteiger partial charge on any atom is 0.230 e. The summed E-state index contributed by atoms with van der Waals surface area (Å²) in [4.78, 5) is 21.0. The lowest BCUT2D eigenvalue weighted by molar-refractivity contribution is -0.162. The van der Waals surface area contributed by atoms with Crippen molar-refractivity contribution in [2.24, 2.45) is 5.41 Å². The first-order chi connectivity index (χ1) is 17.5. The van der Waals surface area contributed by atoms with Gasteiger partial charge in [0.25, 0.3) is 0 Å². The number of carbonyl (C=O) groups is 1. The molecule has 186 valence electrons. The van der Waals surface area contributed by atoms with Gasteiger partial charge in [0.2, 0.25) is 5.91 Å². The minimum Gasteiger partial charge on any atom is -0.493 e. The van der Waals surface area contributed by atoms with Gasteiger partial charge in [0.1, 0.15) is 0 Å². The van der Waals surface area contributed by atoms with Gasteiger partial charge in [-0.1, -0.05) is 12.0 Å². The molecule has 3 heterocycles. The van der Waals surface area contributed by atoms with E-state index in [0.29, 0.717) is 24.0 Å². The van der Waals surface area contributed by atoms with E-state index in [1.54, 1.807) is 13.3 Å². The van der Waals surface area contributed by atoms with Gasteiger partial charge in [-0.3, -0.25) is 9.78 Å². The van der Waals surface area contributed by atoms with Gasteiger partial charge < -0.3 is 24.6 Å². The van der Waals surface area contributed by atoms with E-state index in [-0.39, 0.29) is 5.41 Å². The van der Waals surface area contributed by atoms with Crippen molar-refractivity contribution in [3.05, 3.63) is 54.2 Å². The second-order valence-corrected chi connectivity index (χ2v) is 9.71. The third kappa shape index (κ3) is 4.69. The van der Waals surface area contributed by atoms with Crippen LogP contribution in [0.25, 0.3) is 10.9 Å². The topological polar surface area (TPSA) is 66.9 Å². The summed E-state index contributed by atoms with van der Waals surface area (Å²) < 4.78 is 11.8. The zero-order valence-electron chi connectivity index (χ0n) is 20.9. The maximum absolute atomic E-state index is 12.2. The Morgan fingerprint density at radius 1 is 1.17 bits per heavy atom. The Labute approximate surface area is 212 Å². The third-order valence-corrected chi connectivity index (χ3v) is 7.36. The molecular weight excluding hydrogens is 452 g/mol. The average molecular weight is 485 g/mol. The minimum absolute atomic E-state index is 0.0783. The summed E-state index contributed by atoms with van der Waals surface area (Å²) in [6, 6.07) is 13.6. The summed E-state index contributed by atoms with van der Waals surface area (Å²) in [5.41, 5.74) is 3.39. The molecule has 3 aromatic rings. The number of carbonyl (C=O) groups excluding carboxylic acids is 1. The molecule has 7 heteroatoms. The lowest BCUT2D eigenvalue weighted by atomic mass is 9.71. The van der Waals surface area contributed by atoms with E-state index < -0.39 is 0 Å². The number of amides is 1. The number of β-lactam (4-membered cyclic amide) rings is 1. The van der Waals surface area contributed by atoms with Gasteiger partial charge >= 0.3 is 0 Å². The van der Waals surface area contributed by atoms with Crippen LogP contribution in [0, 0.1) is 17.8 Å². The molecule has 2 aliphatic heterocycles. The molecule has 0 saturated carbocycles. The number of hydrogen-bond acceptors (Lipinski definition) is 6. The standard InChI is InChI=1S/C29H32N4O3/c1-4-21-7-5-8-22(17-21)31-24-9-12-30-25-19-27(26(35-3)18-23(24)25)36-16-6-13-33-14-10-29(11-15-33)20-32(2)28(29)34/h1,5,7-9,12,17-19H,6,10-11,13-16,20H2,2-3H3,(H,30,31). The molecule has 1 amide bonds. The van der Waals surface area contributed by atoms with Crippen molar-refractivity contribution in [1.82, 2.24) is 14.8 Å². The fraction of sp³-hybridized carbons (Fsp3) is 0.379. The number of piperidine rings is 1. The number of ether oxygens (including phenoxy) is 2. The molecule has 0 radical (unpaired) electrons. The lowest BCUT2D eigenvalue weighted by Crippen LogP contribution is -2.63. The van der Waals surface area contributed by atoms with E-state index in [1.165, 1.54) is 0 Å². The Morgan fingerprint density at radius 2 is 2.00 bits per heavy atom. The van der Waals surface area contributed by atoms with Crippen LogP contribution in [0.4, 0.5) is 11.4 Å². The van der Waals surface area contributed by atoms with Gasteiger partial charge in [-0.2, -0.15) is 0 Å². The van der Waals surface area contributed by atoms with Crippen LogP contribution in [-0.4, -0.2) is 67.6 Å². The number of fused-ring (bicyclic) bond motifs is 1. The first kappa shape index (κ1) is 24.0. The summed E-state index contributed by atoms with van der Waals surface area (Å²) in [6.07, 6.45) is 10.2. The van der Waals surface area contributed by atoms with Crippen molar-refractivity contribution in [2.75, 3.05) is 52.3 Å². The van der Waals surface area contributed by atoms with Crippen LogP contribution in [0.5, 0.6) is 11.5 Å². The van der Waals surface area contributed by atoms with Crippen LogP contribution >= 0.6 is 0 Å². The van der Waals surface area contributed by atoms with Crippen LogP contribution < -0.4 is 14.8 Å². The Hall–Kier alpha value is -3.76. The zero-order valence-corrected chi connectivity index (χ0v) is 20.9. The molecule has 1 aromatic heterocycles. The van der Waals surface area contributed by atoms with Crippen LogP contribution in [0.1, 0.15) is 24.8 Å². The first-order valence-corrected chi connectivity index (χ1v) is 12.4. The minimum atomic E-state index is -0.0783. The van der Waals surface area contributed by atoms with Crippen molar-refractivity contribution in [3.63, 3.8) is 0 Å². The number of nitrogens with one attached hydrogen (secondary N) is 1. The second-order valence-electron chi connectivity index (χ2n) is 9.71. The Bertz CT molecular complexity index is 1310. The molecule has 1 N–H and O–H groups in total. The molecule has 2 fully saturated rings. The molecule has 2 saturated heterocycles. The summed E-state index contributed by atoms with van der Waals surface area (Å²) in [7, 11) is 3.54. The van der Waals surface area contributed by atoms with E-state index in [4.69, 9.17) is 15.9 Å². The zero-order chi connectivity index (χ0) is 25.1. The third-order valence-electron chi connectivity index (χ3n) is 7.36. The molecule has 0 atom stereocenters. The number of hydrogen-bond donors (Lipinski definition) is 1. The van der Waals surface area contributed by atoms with E-state index in [9.17, 15) is 4.79 Å². The monoisotopic (exact) mass is 484 g/mol. The predicted molar refractivity (Wildman–Crippen MR) is 142 cm³/mol. The fourth-order valence-electron chi connectivity index (χ4n) is 5.33. The molecular formula is C29H32N4O3. The quantitative estimate of drug-likeness (QED) is 0.292. The number of rotatable bonds is 8. The summed E-state index contributed by atoms with van der Waals surface area (Å²) >= 11 is 0. The summed E-state index contributed by atoms with van der Waals surface area (Å²) in [5.74, 6) is 4.34. The largest absolute Gasteiger partial charge is 0.493 e. The fourth-order valence-corrected chi connectivity index (χ4v) is 5.33. The molecule has 7 nitrogen and oxygen atoms in total. The van der Waals surface area contributed by atoms with Crippen molar-refractivity contribution >= 4 is 28.2 Å². The van der Waals surface area contributed by atoms with Crippen molar-refractivity contribution < 1.29 is 14.3 Å². The van der Waals surface area contributed by atoms with Crippen LogP contribution in [0.15, 0.2) is 48.7 Å². The SMILES string of the molecule is C#Cc1cccc(Nc2ccnc3cc(OCCCN4CCC5(CC4)CN(C)C5=O)c(OC)cc23)c1. The highest BCUT2D eigenvalue weighted by Gasteiger charge is 2.51. The summed E-state index contributed by atoms with van der Waals surface area (Å²) in [6.45, 7) is 4.40. The molecule has 1 spiro atoms. The number of likely N-dealkylation sites (tertiary alicyclic amines) is 2. The average Bonchev–Trinajstić information content (AvgIpc) is 2.91. The number of methoxy groups -OCH3 is 1. The molecule has 0 aliphatic carbocycles. The lowest BCUT2D eigenvalue weighted by Gasteiger charge is -2.51. The highest BCUT2D eigenvalue weighted by Crippen LogP contribution is 2.41. The van der Waals surface area contributed by atoms with Crippen LogP contribution in [0.3, 0.4) is 0 Å². The van der Waals surface area contributed by atoms with Crippen LogP contribution in [0.2, 0.25) is 0 Å². The predicted octanol–water partition coefficient (Wildman–Crippen LogP) is 4.29. The smallest absolute Gasteiger partial charge is 0.230 e. The molecule has 2 aliphatic rings. The van der Waals surface area contributed by atoms with Crippen molar-refractivity contribution in [1.29, 1.82) is 0 Å². The van der Waals surface area contributed by atoms with Crippen molar-refractivity contribution in [3.8, 4) is 23.8 Å². The van der Waals surface area contributed by atoms with Gasteiger partial charge in [0.15, 0.2) is 11.5 Å². The number of nitrogens with zero attached hydrogens (tertiary/aromatic N) is 3. The summed E-state index contributed by atoms with van der Waals surface area (Å²) in [5, 5.41) is 4.38. The first-order valence-electron chi connectivity index (χ1n) is 12.4. The van der Waals surface area contributed by atoms with E-state index in [1.807, 2.05) is 54.4 Å². The van der Waals surface area contributed by atoms with Crippen molar-refractivity contribution in [2.45, 2.75) is 19.3 Å². The highest BCUT2D eigenvalue weighted by molar-refractivity contribution is 5.95. The maximum atomic E-state index is 12.2. The second kappa shape index (κ2) is 10.1. The van der Waals surface area contributed by atoms with Gasteiger partial charge in [-0.15, -0.1) is 6.42 Å². The van der Waals surface area contributed by atoms with E-state index >= 15 is 0 Å². The van der Waals surface area contributed by atoms with Crippen LogP contribution in [-0.2, 0) is 4.79 Å². The Morgan fingerprint density at radius 3 is 2.72 bits per heavy atom. The van der Waals surface area contributed by atoms with Gasteiger partial charge in [-0.25, -0.2) is 0 Å². The van der Waals surface area contributed by atoms with E-state index in [0.717, 1.165) is 73.3 Å². The molecule has 0 unspecified atom stereocenters. The number of anilines is 2. The molecule has 0 bridgehead atoms. The number of aromatic nitrogens is 1. The molecule has 5 rings (SSSR count). The highest BCUT2D eigenvalue weighted by atomic mass is 16.5. The number of terminal acetylenes is 1. The van der Waals surface area contributed by atoms with Gasteiger partial charge in [0, 0.05) is 54.7 Å². The Balaban J connectivity index is 1.20. The molecule has 36 heavy (non-hydrogen) atoms. The number of pyridine rings is 1. The Kier molecular flexibility index (Phi) is 6.71. The molecule has 2 aromatic carbocycles. The van der Waals surface area contributed by atoms with E-state index in [2.05, 4.69) is 21.1 Å². The normalized spacial score (nSPS) is 17.0. The number of benzene rings is 2. The van der Waals surface area contributed by atoms with Gasteiger partial charge in [0.05, 0.1) is 24.6 Å². The van der Waals surface area contributed by atoms with Gasteiger partial charge in [-0.05, 0) is 62.7 Å².